The van der Waals surface area contributed by atoms with Crippen LogP contribution in [-0.2, 0) is 0 Å². The minimum atomic E-state index is -0.144. The highest BCUT2D eigenvalue weighted by atomic mass is 35.5. The van der Waals surface area contributed by atoms with Crippen molar-refractivity contribution in [2.45, 2.75) is 18.8 Å². The van der Waals surface area contributed by atoms with Crippen molar-refractivity contribution in [3.8, 4) is 11.4 Å². The van der Waals surface area contributed by atoms with Crippen LogP contribution in [0.25, 0.3) is 11.4 Å². The monoisotopic (exact) mass is 424 g/mol. The van der Waals surface area contributed by atoms with E-state index >= 15 is 0 Å². The lowest BCUT2D eigenvalue weighted by molar-refractivity contribution is 0.208. The van der Waals surface area contributed by atoms with Crippen molar-refractivity contribution in [1.82, 2.24) is 20.0 Å². The quantitative estimate of drug-likeness (QED) is 0.680. The molecule has 0 atom stereocenters. The van der Waals surface area contributed by atoms with E-state index in [1.165, 1.54) is 0 Å². The molecule has 2 aromatic heterocycles. The molecule has 2 aliphatic rings. The molecule has 1 N–H and O–H groups in total. The summed E-state index contributed by atoms with van der Waals surface area (Å²) in [5.74, 6) is 2.61. The number of carbonyl (C=O) groups excluding carboxylic acids is 1. The van der Waals surface area contributed by atoms with Gasteiger partial charge in [-0.3, -0.25) is 0 Å². The van der Waals surface area contributed by atoms with Crippen LogP contribution in [0.3, 0.4) is 0 Å². The van der Waals surface area contributed by atoms with Gasteiger partial charge >= 0.3 is 6.03 Å². The Hall–Kier alpha value is -3.13. The lowest BCUT2D eigenvalue weighted by Gasteiger charge is -2.35. The fourth-order valence-corrected chi connectivity index (χ4v) is 3.63. The number of amides is 2. The predicted molar refractivity (Wildman–Crippen MR) is 114 cm³/mol. The summed E-state index contributed by atoms with van der Waals surface area (Å²) in [5, 5.41) is 7.46. The fraction of sp³-hybridized carbons (Fsp3) is 0.333. The van der Waals surface area contributed by atoms with E-state index in [0.717, 1.165) is 30.1 Å². The fourth-order valence-electron chi connectivity index (χ4n) is 3.45. The number of para-hydroxylation sites is 1. The molecule has 0 unspecified atom stereocenters. The molecule has 3 heterocycles. The number of nitrogens with zero attached hydrogens (tertiary/aromatic N) is 5. The number of carbonyl (C=O) groups is 1. The van der Waals surface area contributed by atoms with Gasteiger partial charge in [0, 0.05) is 43.9 Å². The first-order valence-corrected chi connectivity index (χ1v) is 10.4. The Morgan fingerprint density at radius 3 is 2.60 bits per heavy atom. The van der Waals surface area contributed by atoms with Gasteiger partial charge in [0.1, 0.15) is 5.82 Å². The minimum absolute atomic E-state index is 0.144. The summed E-state index contributed by atoms with van der Waals surface area (Å²) < 4.78 is 5.32. The average molecular weight is 425 g/mol. The first kappa shape index (κ1) is 18.9. The van der Waals surface area contributed by atoms with E-state index in [9.17, 15) is 4.79 Å². The number of pyridine rings is 1. The van der Waals surface area contributed by atoms with Gasteiger partial charge in [-0.2, -0.15) is 4.98 Å². The number of hydrogen-bond acceptors (Lipinski definition) is 6. The number of benzene rings is 1. The Morgan fingerprint density at radius 2 is 1.90 bits per heavy atom. The zero-order valence-electron chi connectivity index (χ0n) is 16.3. The van der Waals surface area contributed by atoms with E-state index in [2.05, 4.69) is 25.3 Å². The molecule has 8 nitrogen and oxygen atoms in total. The van der Waals surface area contributed by atoms with E-state index in [-0.39, 0.29) is 6.03 Å². The molecule has 3 aromatic rings. The summed E-state index contributed by atoms with van der Waals surface area (Å²) in [7, 11) is 0. The van der Waals surface area contributed by atoms with Gasteiger partial charge in [0.15, 0.2) is 0 Å². The van der Waals surface area contributed by atoms with Crippen molar-refractivity contribution >= 4 is 29.1 Å². The summed E-state index contributed by atoms with van der Waals surface area (Å²) >= 11 is 6.12. The number of piperazine rings is 1. The van der Waals surface area contributed by atoms with Crippen molar-refractivity contribution in [3.63, 3.8) is 0 Å². The van der Waals surface area contributed by atoms with Crippen molar-refractivity contribution < 1.29 is 9.32 Å². The molecule has 9 heteroatoms. The maximum absolute atomic E-state index is 12.5. The van der Waals surface area contributed by atoms with Gasteiger partial charge in [0.2, 0.25) is 11.7 Å². The van der Waals surface area contributed by atoms with Crippen LogP contribution in [0.2, 0.25) is 5.02 Å². The predicted octanol–water partition coefficient (Wildman–Crippen LogP) is 4.02. The standard InChI is InChI=1S/C21H21ClN6O2/c22-16-3-1-2-4-17(16)24-21(29)28-11-9-27(10-12-28)18-8-7-15(13-23-18)19-25-20(30-26-19)14-5-6-14/h1-4,7-8,13-14H,5-6,9-12H2,(H,24,29). The molecule has 0 radical (unpaired) electrons. The Labute approximate surface area is 178 Å². The van der Waals surface area contributed by atoms with Gasteiger partial charge in [-0.05, 0) is 37.1 Å². The van der Waals surface area contributed by atoms with Crippen LogP contribution >= 0.6 is 11.6 Å². The van der Waals surface area contributed by atoms with Crippen LogP contribution < -0.4 is 10.2 Å². The summed E-state index contributed by atoms with van der Waals surface area (Å²) in [5.41, 5.74) is 1.46. The molecule has 1 aliphatic carbocycles. The first-order valence-electron chi connectivity index (χ1n) is 10.0. The number of halogens is 1. The second kappa shape index (κ2) is 7.95. The molecule has 0 spiro atoms. The summed E-state index contributed by atoms with van der Waals surface area (Å²) in [6, 6.07) is 11.0. The number of nitrogens with one attached hydrogen (secondary N) is 1. The van der Waals surface area contributed by atoms with Crippen molar-refractivity contribution in [2.24, 2.45) is 0 Å². The van der Waals surface area contributed by atoms with E-state index in [0.29, 0.717) is 48.6 Å². The van der Waals surface area contributed by atoms with Crippen LogP contribution in [0.1, 0.15) is 24.7 Å². The average Bonchev–Trinajstić information content (AvgIpc) is 3.52. The molecule has 0 bridgehead atoms. The van der Waals surface area contributed by atoms with Crippen molar-refractivity contribution in [1.29, 1.82) is 0 Å². The highest BCUT2D eigenvalue weighted by molar-refractivity contribution is 6.33. The molecule has 30 heavy (non-hydrogen) atoms. The van der Waals surface area contributed by atoms with E-state index < -0.39 is 0 Å². The summed E-state index contributed by atoms with van der Waals surface area (Å²) in [6.45, 7) is 2.62. The first-order chi connectivity index (χ1) is 14.7. The molecule has 1 saturated heterocycles. The van der Waals surface area contributed by atoms with Gasteiger partial charge in [0.25, 0.3) is 0 Å². The highest BCUT2D eigenvalue weighted by Gasteiger charge is 2.30. The van der Waals surface area contributed by atoms with Gasteiger partial charge in [-0.15, -0.1) is 0 Å². The number of hydrogen-bond donors (Lipinski definition) is 1. The molecule has 1 aromatic carbocycles. The topological polar surface area (TPSA) is 87.4 Å². The normalized spacial score (nSPS) is 16.6. The van der Waals surface area contributed by atoms with Gasteiger partial charge in [-0.25, -0.2) is 9.78 Å². The molecule has 1 aliphatic heterocycles. The number of anilines is 2. The number of aromatic nitrogens is 3. The molecule has 5 rings (SSSR count). The third kappa shape index (κ3) is 3.95. The van der Waals surface area contributed by atoms with E-state index in [1.807, 2.05) is 24.3 Å². The summed E-state index contributed by atoms with van der Waals surface area (Å²) in [4.78, 5) is 25.5. The highest BCUT2D eigenvalue weighted by Crippen LogP contribution is 2.39. The zero-order chi connectivity index (χ0) is 20.5. The third-order valence-electron chi connectivity index (χ3n) is 5.38. The maximum atomic E-state index is 12.5. The van der Waals surface area contributed by atoms with Crippen LogP contribution in [0, 0.1) is 0 Å². The second-order valence-corrected chi connectivity index (χ2v) is 7.93. The summed E-state index contributed by atoms with van der Waals surface area (Å²) in [6.07, 6.45) is 4.02. The van der Waals surface area contributed by atoms with Crippen LogP contribution in [-0.4, -0.2) is 52.2 Å². The smallest absolute Gasteiger partial charge is 0.322 e. The van der Waals surface area contributed by atoms with Crippen LogP contribution in [0.4, 0.5) is 16.3 Å². The molecule has 1 saturated carbocycles. The van der Waals surface area contributed by atoms with Crippen molar-refractivity contribution in [2.75, 3.05) is 36.4 Å². The lowest BCUT2D eigenvalue weighted by Crippen LogP contribution is -2.50. The Balaban J connectivity index is 1.18. The third-order valence-corrected chi connectivity index (χ3v) is 5.71. The number of urea groups is 1. The van der Waals surface area contributed by atoms with Crippen LogP contribution in [0.5, 0.6) is 0 Å². The van der Waals surface area contributed by atoms with Gasteiger partial charge < -0.3 is 19.6 Å². The van der Waals surface area contributed by atoms with Gasteiger partial charge in [0.05, 0.1) is 10.7 Å². The maximum Gasteiger partial charge on any atom is 0.322 e. The Kier molecular flexibility index (Phi) is 5.00. The zero-order valence-corrected chi connectivity index (χ0v) is 17.0. The van der Waals surface area contributed by atoms with E-state index in [1.54, 1.807) is 23.2 Å². The molecule has 154 valence electrons. The molecule has 2 amide bonds. The van der Waals surface area contributed by atoms with Gasteiger partial charge in [-0.1, -0.05) is 28.9 Å². The SMILES string of the molecule is O=C(Nc1ccccc1Cl)N1CCN(c2ccc(-c3noc(C4CC4)n3)cn2)CC1. The number of rotatable bonds is 4. The molecule has 2 fully saturated rings. The second-order valence-electron chi connectivity index (χ2n) is 7.52. The van der Waals surface area contributed by atoms with Crippen LogP contribution in [0.15, 0.2) is 47.1 Å². The minimum Gasteiger partial charge on any atom is -0.353 e. The lowest BCUT2D eigenvalue weighted by atomic mass is 10.2. The Morgan fingerprint density at radius 1 is 1.10 bits per heavy atom. The van der Waals surface area contributed by atoms with Crippen molar-refractivity contribution in [3.05, 3.63) is 53.5 Å². The molecular weight excluding hydrogens is 404 g/mol. The largest absolute Gasteiger partial charge is 0.353 e. The van der Waals surface area contributed by atoms with E-state index in [4.69, 9.17) is 16.1 Å². The Bertz CT molecular complexity index is 1040. The molecular formula is C21H21ClN6O2.